The summed E-state index contributed by atoms with van der Waals surface area (Å²) < 4.78 is 5.19. The second-order valence-corrected chi connectivity index (χ2v) is 2.39. The lowest BCUT2D eigenvalue weighted by molar-refractivity contribution is 0.169. The minimum atomic E-state index is 0.0324. The number of rotatable bonds is 1. The first kappa shape index (κ1) is 6.49. The molecule has 1 heterocycles. The number of hydrogen-bond donors (Lipinski definition) is 0. The van der Waals surface area contributed by atoms with Crippen molar-refractivity contribution in [3.63, 3.8) is 0 Å². The van der Waals surface area contributed by atoms with Crippen molar-refractivity contribution in [1.82, 2.24) is 0 Å². The Morgan fingerprint density at radius 1 is 1.55 bits per heavy atom. The Morgan fingerprint density at radius 2 is 2.45 bits per heavy atom. The molecule has 56 valence electrons. The van der Waals surface area contributed by atoms with E-state index < -0.39 is 0 Å². The van der Waals surface area contributed by atoms with Crippen LogP contribution in [0.1, 0.15) is 0 Å². The van der Waals surface area contributed by atoms with Gasteiger partial charge in [-0.2, -0.15) is 10.2 Å². The lowest BCUT2D eigenvalue weighted by Gasteiger charge is -2.14. The smallest absolute Gasteiger partial charge is 0.104 e. The summed E-state index contributed by atoms with van der Waals surface area (Å²) in [6.07, 6.45) is 7.61. The van der Waals surface area contributed by atoms with Crippen LogP contribution in [0, 0.1) is 0 Å². The van der Waals surface area contributed by atoms with Crippen LogP contribution in [-0.4, -0.2) is 13.2 Å². The van der Waals surface area contributed by atoms with Crippen molar-refractivity contribution in [3.8, 4) is 0 Å². The van der Waals surface area contributed by atoms with Gasteiger partial charge in [0.2, 0.25) is 0 Å². The van der Waals surface area contributed by atoms with Crippen LogP contribution in [0.15, 0.2) is 45.9 Å². The van der Waals surface area contributed by atoms with Gasteiger partial charge in [0.05, 0.1) is 11.9 Å². The Hall–Kier alpha value is -1.22. The zero-order chi connectivity index (χ0) is 7.68. The average Bonchev–Trinajstić information content (AvgIpc) is 2.50. The molecular weight excluding hydrogens is 140 g/mol. The zero-order valence-electron chi connectivity index (χ0n) is 6.19. The Labute approximate surface area is 64.8 Å². The second kappa shape index (κ2) is 2.43. The second-order valence-electron chi connectivity index (χ2n) is 2.39. The van der Waals surface area contributed by atoms with Gasteiger partial charge in [-0.1, -0.05) is 12.2 Å². The minimum Gasteiger partial charge on any atom is -0.373 e. The van der Waals surface area contributed by atoms with Crippen LogP contribution < -0.4 is 0 Å². The number of fused-ring (bicyclic) bond motifs is 1. The standard InChI is InChI=1S/C8H8N2O/c1-11-8-4-2-3-7-6(8)5-9-10-7/h2-5,8H,1H3/t8-/m1/s1. The van der Waals surface area contributed by atoms with E-state index in [-0.39, 0.29) is 6.10 Å². The fourth-order valence-electron chi connectivity index (χ4n) is 1.18. The van der Waals surface area contributed by atoms with E-state index in [0.29, 0.717) is 0 Å². The monoisotopic (exact) mass is 148 g/mol. The Morgan fingerprint density at radius 3 is 3.27 bits per heavy atom. The van der Waals surface area contributed by atoms with Crippen molar-refractivity contribution in [1.29, 1.82) is 0 Å². The molecule has 2 rings (SSSR count). The molecule has 0 radical (unpaired) electrons. The quantitative estimate of drug-likeness (QED) is 0.558. The number of methoxy groups -OCH3 is 1. The molecule has 0 fully saturated rings. The number of allylic oxidation sites excluding steroid dienone is 2. The third kappa shape index (κ3) is 0.935. The SMILES string of the molecule is CO[C@@H]1C=CC=C2N=NC=C21. The third-order valence-electron chi connectivity index (χ3n) is 1.76. The molecule has 0 aromatic rings. The van der Waals surface area contributed by atoms with E-state index in [4.69, 9.17) is 4.74 Å². The van der Waals surface area contributed by atoms with E-state index in [2.05, 4.69) is 10.2 Å². The summed E-state index contributed by atoms with van der Waals surface area (Å²) in [5.74, 6) is 0. The van der Waals surface area contributed by atoms with E-state index in [0.717, 1.165) is 11.3 Å². The maximum absolute atomic E-state index is 5.19. The van der Waals surface area contributed by atoms with Crippen molar-refractivity contribution >= 4 is 0 Å². The van der Waals surface area contributed by atoms with Crippen LogP contribution in [0.5, 0.6) is 0 Å². The molecule has 1 aliphatic heterocycles. The van der Waals surface area contributed by atoms with Gasteiger partial charge in [-0.25, -0.2) is 0 Å². The van der Waals surface area contributed by atoms with Gasteiger partial charge >= 0.3 is 0 Å². The van der Waals surface area contributed by atoms with E-state index in [1.165, 1.54) is 0 Å². The van der Waals surface area contributed by atoms with E-state index >= 15 is 0 Å². The molecule has 3 nitrogen and oxygen atoms in total. The van der Waals surface area contributed by atoms with Crippen LogP contribution >= 0.6 is 0 Å². The normalized spacial score (nSPS) is 26.5. The largest absolute Gasteiger partial charge is 0.373 e. The average molecular weight is 148 g/mol. The van der Waals surface area contributed by atoms with Gasteiger partial charge in [-0.3, -0.25) is 0 Å². The fraction of sp³-hybridized carbons (Fsp3) is 0.250. The highest BCUT2D eigenvalue weighted by Gasteiger charge is 2.20. The topological polar surface area (TPSA) is 34.0 Å². The molecule has 2 aliphatic rings. The van der Waals surface area contributed by atoms with Gasteiger partial charge in [-0.15, -0.1) is 0 Å². The van der Waals surface area contributed by atoms with Gasteiger partial charge in [0.15, 0.2) is 0 Å². The molecule has 0 bridgehead atoms. The molecule has 11 heavy (non-hydrogen) atoms. The molecule has 1 aliphatic carbocycles. The molecular formula is C8H8N2O. The summed E-state index contributed by atoms with van der Waals surface area (Å²) in [7, 11) is 1.68. The van der Waals surface area contributed by atoms with Crippen molar-refractivity contribution < 1.29 is 4.74 Å². The number of hydrogen-bond acceptors (Lipinski definition) is 3. The Balaban J connectivity index is 2.34. The van der Waals surface area contributed by atoms with Gasteiger partial charge in [0, 0.05) is 12.7 Å². The summed E-state index contributed by atoms with van der Waals surface area (Å²) in [5, 5.41) is 7.72. The predicted molar refractivity (Wildman–Crippen MR) is 41.0 cm³/mol. The summed E-state index contributed by atoms with van der Waals surface area (Å²) in [6, 6.07) is 0. The highest BCUT2D eigenvalue weighted by molar-refractivity contribution is 5.43. The zero-order valence-corrected chi connectivity index (χ0v) is 6.19. The number of azo groups is 1. The van der Waals surface area contributed by atoms with Crippen molar-refractivity contribution in [2.24, 2.45) is 10.2 Å². The van der Waals surface area contributed by atoms with Gasteiger partial charge in [0.1, 0.15) is 6.10 Å². The molecule has 0 saturated heterocycles. The van der Waals surface area contributed by atoms with Crippen LogP contribution in [0.25, 0.3) is 0 Å². The summed E-state index contributed by atoms with van der Waals surface area (Å²) in [6.45, 7) is 0. The molecule has 3 heteroatoms. The number of nitrogens with zero attached hydrogens (tertiary/aromatic N) is 2. The molecule has 0 saturated carbocycles. The first-order valence-corrected chi connectivity index (χ1v) is 3.44. The highest BCUT2D eigenvalue weighted by Crippen LogP contribution is 2.27. The van der Waals surface area contributed by atoms with Crippen LogP contribution in [0.4, 0.5) is 0 Å². The number of ether oxygens (including phenoxy) is 1. The van der Waals surface area contributed by atoms with Crippen molar-refractivity contribution in [3.05, 3.63) is 35.7 Å². The molecule has 0 unspecified atom stereocenters. The maximum Gasteiger partial charge on any atom is 0.104 e. The molecule has 0 spiro atoms. The first-order valence-electron chi connectivity index (χ1n) is 3.44. The van der Waals surface area contributed by atoms with Gasteiger partial charge < -0.3 is 4.74 Å². The van der Waals surface area contributed by atoms with E-state index in [9.17, 15) is 0 Å². The lowest BCUT2D eigenvalue weighted by atomic mass is 10.0. The van der Waals surface area contributed by atoms with Crippen LogP contribution in [0.3, 0.4) is 0 Å². The highest BCUT2D eigenvalue weighted by atomic mass is 16.5. The molecule has 0 aromatic carbocycles. The minimum absolute atomic E-state index is 0.0324. The summed E-state index contributed by atoms with van der Waals surface area (Å²) >= 11 is 0. The van der Waals surface area contributed by atoms with Crippen LogP contribution in [0.2, 0.25) is 0 Å². The van der Waals surface area contributed by atoms with E-state index in [1.807, 2.05) is 18.2 Å². The van der Waals surface area contributed by atoms with Gasteiger partial charge in [-0.05, 0) is 6.08 Å². The van der Waals surface area contributed by atoms with E-state index in [1.54, 1.807) is 13.3 Å². The maximum atomic E-state index is 5.19. The molecule has 0 amide bonds. The molecule has 0 aromatic heterocycles. The third-order valence-corrected chi connectivity index (χ3v) is 1.76. The Kier molecular flexibility index (Phi) is 1.43. The molecule has 1 atom stereocenters. The lowest BCUT2D eigenvalue weighted by Crippen LogP contribution is -2.12. The van der Waals surface area contributed by atoms with Crippen molar-refractivity contribution in [2.75, 3.05) is 7.11 Å². The van der Waals surface area contributed by atoms with Gasteiger partial charge in [0.25, 0.3) is 0 Å². The Bertz CT molecular complexity index is 286. The summed E-state index contributed by atoms with van der Waals surface area (Å²) in [5.41, 5.74) is 1.97. The van der Waals surface area contributed by atoms with Crippen molar-refractivity contribution in [2.45, 2.75) is 6.10 Å². The molecule has 0 N–H and O–H groups in total. The first-order chi connectivity index (χ1) is 5.42. The fourth-order valence-corrected chi connectivity index (χ4v) is 1.18. The predicted octanol–water partition coefficient (Wildman–Crippen LogP) is 1.80. The summed E-state index contributed by atoms with van der Waals surface area (Å²) in [4.78, 5) is 0. The van der Waals surface area contributed by atoms with Crippen LogP contribution in [-0.2, 0) is 4.74 Å².